The van der Waals surface area contributed by atoms with Crippen LogP contribution in [0, 0.1) is 5.41 Å². The maximum atomic E-state index is 13.0. The van der Waals surface area contributed by atoms with E-state index in [0.29, 0.717) is 24.3 Å². The quantitative estimate of drug-likeness (QED) is 0.468. The molecule has 6 nitrogen and oxygen atoms in total. The fraction of sp³-hybridized carbons (Fsp3) is 0.348. The third-order valence-corrected chi connectivity index (χ3v) is 6.91. The zero-order chi connectivity index (χ0) is 23.0. The van der Waals surface area contributed by atoms with E-state index in [0.717, 1.165) is 20.9 Å². The third kappa shape index (κ3) is 5.30. The van der Waals surface area contributed by atoms with E-state index < -0.39 is 21.2 Å². The van der Waals surface area contributed by atoms with Crippen molar-refractivity contribution in [3.63, 3.8) is 0 Å². The number of hydrogen-bond acceptors (Lipinski definition) is 4. The third-order valence-electron chi connectivity index (χ3n) is 5.21. The SMILES string of the molecule is COc1ccc2c(c1)c(CC(C)(C)CC(=O)O)c(S(C)(=O)=O)n2Cc1ccc(Br)cc1. The van der Waals surface area contributed by atoms with Crippen LogP contribution in [0.15, 0.2) is 52.0 Å². The summed E-state index contributed by atoms with van der Waals surface area (Å²) in [5.41, 5.74) is 1.72. The van der Waals surface area contributed by atoms with Crippen LogP contribution in [0.25, 0.3) is 10.9 Å². The van der Waals surface area contributed by atoms with Gasteiger partial charge in [-0.15, -0.1) is 0 Å². The Morgan fingerprint density at radius 3 is 2.35 bits per heavy atom. The van der Waals surface area contributed by atoms with Crippen molar-refractivity contribution in [2.45, 2.75) is 38.3 Å². The average Bonchev–Trinajstić information content (AvgIpc) is 2.94. The number of carbonyl (C=O) groups is 1. The number of aliphatic carboxylic acids is 1. The van der Waals surface area contributed by atoms with E-state index in [-0.39, 0.29) is 11.4 Å². The van der Waals surface area contributed by atoms with Gasteiger partial charge in [0.15, 0.2) is 9.84 Å². The number of halogens is 1. The molecule has 0 aliphatic heterocycles. The Morgan fingerprint density at radius 1 is 1.16 bits per heavy atom. The van der Waals surface area contributed by atoms with E-state index in [1.807, 2.05) is 50.2 Å². The standard InChI is InChI=1S/C23H26BrNO5S/c1-23(2,13-21(26)27)12-19-18-11-17(30-3)9-10-20(18)25(22(19)31(4,28)29)14-15-5-7-16(24)8-6-15/h5-11H,12-14H2,1-4H3,(H,26,27). The van der Waals surface area contributed by atoms with Crippen molar-refractivity contribution in [1.82, 2.24) is 4.57 Å². The molecule has 0 atom stereocenters. The van der Waals surface area contributed by atoms with Crippen molar-refractivity contribution >= 4 is 42.6 Å². The highest BCUT2D eigenvalue weighted by atomic mass is 79.9. The normalized spacial score (nSPS) is 12.3. The molecule has 0 aliphatic carbocycles. The van der Waals surface area contributed by atoms with Crippen molar-refractivity contribution in [3.8, 4) is 5.75 Å². The van der Waals surface area contributed by atoms with E-state index in [4.69, 9.17) is 4.74 Å². The Bertz CT molecular complexity index is 1230. The minimum atomic E-state index is -3.61. The first-order valence-corrected chi connectivity index (χ1v) is 12.4. The summed E-state index contributed by atoms with van der Waals surface area (Å²) in [4.78, 5) is 11.4. The largest absolute Gasteiger partial charge is 0.497 e. The summed E-state index contributed by atoms with van der Waals surface area (Å²) in [5.74, 6) is -0.298. The Labute approximate surface area is 190 Å². The van der Waals surface area contributed by atoms with Crippen LogP contribution in [0.3, 0.4) is 0 Å². The molecule has 0 aliphatic rings. The van der Waals surface area contributed by atoms with E-state index in [1.165, 1.54) is 6.26 Å². The Morgan fingerprint density at radius 2 is 1.81 bits per heavy atom. The van der Waals surface area contributed by atoms with Crippen LogP contribution in [0.5, 0.6) is 5.75 Å². The number of methoxy groups -OCH3 is 1. The molecule has 166 valence electrons. The molecule has 2 aromatic carbocycles. The second kappa shape index (κ2) is 8.67. The number of nitrogens with zero attached hydrogens (tertiary/aromatic N) is 1. The number of hydrogen-bond donors (Lipinski definition) is 1. The lowest BCUT2D eigenvalue weighted by Gasteiger charge is -2.23. The van der Waals surface area contributed by atoms with Crippen LogP contribution in [-0.2, 0) is 27.6 Å². The molecule has 0 radical (unpaired) electrons. The molecule has 0 unspecified atom stereocenters. The van der Waals surface area contributed by atoms with Gasteiger partial charge in [0.2, 0.25) is 0 Å². The molecule has 0 saturated carbocycles. The molecule has 0 saturated heterocycles. The predicted octanol–water partition coefficient (Wildman–Crippen LogP) is 4.91. The molecule has 1 heterocycles. The summed E-state index contributed by atoms with van der Waals surface area (Å²) < 4.78 is 34.1. The van der Waals surface area contributed by atoms with Crippen LogP contribution in [-0.4, -0.2) is 37.4 Å². The van der Waals surface area contributed by atoms with Gasteiger partial charge in [0.1, 0.15) is 10.8 Å². The van der Waals surface area contributed by atoms with Gasteiger partial charge in [-0.25, -0.2) is 8.42 Å². The van der Waals surface area contributed by atoms with Gasteiger partial charge in [0.05, 0.1) is 13.5 Å². The minimum Gasteiger partial charge on any atom is -0.497 e. The maximum Gasteiger partial charge on any atom is 0.303 e. The van der Waals surface area contributed by atoms with Gasteiger partial charge < -0.3 is 14.4 Å². The first-order valence-electron chi connectivity index (χ1n) is 9.77. The first-order chi connectivity index (χ1) is 14.4. The Hall–Kier alpha value is -2.32. The Kier molecular flexibility index (Phi) is 6.53. The lowest BCUT2D eigenvalue weighted by Crippen LogP contribution is -2.21. The summed E-state index contributed by atoms with van der Waals surface area (Å²) in [6.07, 6.45) is 1.43. The Balaban J connectivity index is 2.29. The summed E-state index contributed by atoms with van der Waals surface area (Å²) in [7, 11) is -2.05. The van der Waals surface area contributed by atoms with Crippen LogP contribution in [0.2, 0.25) is 0 Å². The molecule has 0 spiro atoms. The summed E-state index contributed by atoms with van der Waals surface area (Å²) >= 11 is 3.42. The number of rotatable bonds is 8. The number of carboxylic acids is 1. The van der Waals surface area contributed by atoms with Crippen molar-refractivity contribution in [3.05, 3.63) is 58.1 Å². The topological polar surface area (TPSA) is 85.6 Å². The van der Waals surface area contributed by atoms with Gasteiger partial charge in [0, 0.05) is 28.2 Å². The molecular formula is C23H26BrNO5S. The van der Waals surface area contributed by atoms with Crippen molar-refractivity contribution in [2.24, 2.45) is 5.41 Å². The number of aromatic nitrogens is 1. The molecule has 0 bridgehead atoms. The monoisotopic (exact) mass is 507 g/mol. The summed E-state index contributed by atoms with van der Waals surface area (Å²) in [6, 6.07) is 13.2. The van der Waals surface area contributed by atoms with Gasteiger partial charge in [-0.1, -0.05) is 41.9 Å². The average molecular weight is 508 g/mol. The van der Waals surface area contributed by atoms with E-state index in [1.54, 1.807) is 17.7 Å². The zero-order valence-corrected chi connectivity index (χ0v) is 20.4. The van der Waals surface area contributed by atoms with Crippen molar-refractivity contribution in [2.75, 3.05) is 13.4 Å². The van der Waals surface area contributed by atoms with Crippen molar-refractivity contribution in [1.29, 1.82) is 0 Å². The van der Waals surface area contributed by atoms with Gasteiger partial charge in [-0.3, -0.25) is 4.79 Å². The smallest absolute Gasteiger partial charge is 0.303 e. The molecule has 0 fully saturated rings. The molecule has 31 heavy (non-hydrogen) atoms. The highest BCUT2D eigenvalue weighted by Gasteiger charge is 2.31. The fourth-order valence-electron chi connectivity index (χ4n) is 3.98. The number of sulfone groups is 1. The summed E-state index contributed by atoms with van der Waals surface area (Å²) in [5, 5.41) is 10.3. The molecule has 0 amide bonds. The lowest BCUT2D eigenvalue weighted by molar-refractivity contribution is -0.139. The van der Waals surface area contributed by atoms with Crippen LogP contribution in [0.1, 0.15) is 31.4 Å². The molecule has 3 aromatic rings. The van der Waals surface area contributed by atoms with E-state index >= 15 is 0 Å². The summed E-state index contributed by atoms with van der Waals surface area (Å²) in [6.45, 7) is 4.05. The predicted molar refractivity (Wildman–Crippen MR) is 125 cm³/mol. The molecule has 1 aromatic heterocycles. The number of carboxylic acid groups (broad SMARTS) is 1. The second-order valence-electron chi connectivity index (χ2n) is 8.56. The second-order valence-corrected chi connectivity index (χ2v) is 11.4. The maximum absolute atomic E-state index is 13.0. The van der Waals surface area contributed by atoms with Gasteiger partial charge in [-0.05, 0) is 53.3 Å². The molecular weight excluding hydrogens is 482 g/mol. The van der Waals surface area contributed by atoms with Gasteiger partial charge >= 0.3 is 5.97 Å². The number of ether oxygens (including phenoxy) is 1. The minimum absolute atomic E-state index is 0.0699. The highest BCUT2D eigenvalue weighted by molar-refractivity contribution is 9.10. The van der Waals surface area contributed by atoms with E-state index in [2.05, 4.69) is 15.9 Å². The fourth-order valence-corrected chi connectivity index (χ4v) is 5.44. The first kappa shape index (κ1) is 23.3. The molecule has 3 rings (SSSR count). The lowest BCUT2D eigenvalue weighted by atomic mass is 9.82. The molecule has 1 N–H and O–H groups in total. The number of fused-ring (bicyclic) bond motifs is 1. The molecule has 8 heteroatoms. The number of benzene rings is 2. The van der Waals surface area contributed by atoms with Crippen LogP contribution >= 0.6 is 15.9 Å². The van der Waals surface area contributed by atoms with E-state index in [9.17, 15) is 18.3 Å². The van der Waals surface area contributed by atoms with Crippen LogP contribution in [0.4, 0.5) is 0 Å². The van der Waals surface area contributed by atoms with Crippen molar-refractivity contribution < 1.29 is 23.1 Å². The van der Waals surface area contributed by atoms with Gasteiger partial charge in [0.25, 0.3) is 0 Å². The highest BCUT2D eigenvalue weighted by Crippen LogP contribution is 2.38. The van der Waals surface area contributed by atoms with Crippen LogP contribution < -0.4 is 4.74 Å². The van der Waals surface area contributed by atoms with Gasteiger partial charge in [-0.2, -0.15) is 0 Å². The zero-order valence-electron chi connectivity index (χ0n) is 18.0.